The first kappa shape index (κ1) is 16.2. The number of rotatable bonds is 7. The molecule has 0 saturated carbocycles. The van der Waals surface area contributed by atoms with Crippen molar-refractivity contribution in [2.45, 2.75) is 37.1 Å². The van der Waals surface area contributed by atoms with Crippen molar-refractivity contribution in [3.05, 3.63) is 29.8 Å². The lowest BCUT2D eigenvalue weighted by molar-refractivity contribution is -0.136. The quantitative estimate of drug-likeness (QED) is 0.745. The van der Waals surface area contributed by atoms with E-state index in [4.69, 9.17) is 11.5 Å². The van der Waals surface area contributed by atoms with Gasteiger partial charge in [-0.1, -0.05) is 12.1 Å². The number of sulfonamides is 1. The van der Waals surface area contributed by atoms with Crippen molar-refractivity contribution in [2.24, 2.45) is 0 Å². The fraction of sp³-hybridized carbons (Fsp3) is 0.357. The molecule has 1 unspecified atom stereocenters. The maximum Gasteiger partial charge on any atom is 0.303 e. The van der Waals surface area contributed by atoms with E-state index in [1.54, 1.807) is 19.1 Å². The molecule has 1 atom stereocenters. The van der Waals surface area contributed by atoms with Crippen LogP contribution in [0.5, 0.6) is 0 Å². The summed E-state index contributed by atoms with van der Waals surface area (Å²) in [6.45, 7) is 1.69. The Morgan fingerprint density at radius 1 is 1.40 bits per heavy atom. The first-order valence-electron chi connectivity index (χ1n) is 6.11. The summed E-state index contributed by atoms with van der Waals surface area (Å²) < 4.78 is 26.5. The van der Waals surface area contributed by atoms with Crippen LogP contribution in [0, 0.1) is 12.3 Å². The van der Waals surface area contributed by atoms with Crippen molar-refractivity contribution in [1.29, 1.82) is 0 Å². The highest BCUT2D eigenvalue weighted by molar-refractivity contribution is 7.89. The highest BCUT2D eigenvalue weighted by atomic mass is 32.2. The van der Waals surface area contributed by atoms with Gasteiger partial charge in [0.25, 0.3) is 0 Å². The second kappa shape index (κ2) is 7.08. The van der Waals surface area contributed by atoms with Crippen LogP contribution in [-0.4, -0.2) is 25.5 Å². The Kier molecular flexibility index (Phi) is 5.74. The molecule has 0 heterocycles. The molecule has 0 aliphatic heterocycles. The van der Waals surface area contributed by atoms with Gasteiger partial charge in [0.1, 0.15) is 0 Å². The van der Waals surface area contributed by atoms with Crippen molar-refractivity contribution >= 4 is 16.0 Å². The average molecular weight is 295 g/mol. The Morgan fingerprint density at radius 3 is 2.50 bits per heavy atom. The molecule has 0 fully saturated rings. The van der Waals surface area contributed by atoms with Gasteiger partial charge in [0.15, 0.2) is 0 Å². The van der Waals surface area contributed by atoms with Crippen molar-refractivity contribution in [3.8, 4) is 12.3 Å². The zero-order valence-electron chi connectivity index (χ0n) is 11.2. The molecule has 0 aliphatic carbocycles. The number of hydrogen-bond donors (Lipinski definition) is 2. The van der Waals surface area contributed by atoms with E-state index in [2.05, 4.69) is 10.6 Å². The summed E-state index contributed by atoms with van der Waals surface area (Å²) in [5, 5.41) is 8.59. The van der Waals surface area contributed by atoms with Crippen LogP contribution < -0.4 is 4.72 Å². The Bertz CT molecular complexity index is 599. The van der Waals surface area contributed by atoms with Gasteiger partial charge in [-0.15, -0.1) is 12.3 Å². The zero-order valence-corrected chi connectivity index (χ0v) is 12.0. The Morgan fingerprint density at radius 2 is 2.00 bits per heavy atom. The predicted octanol–water partition coefficient (Wildman–Crippen LogP) is 1.39. The summed E-state index contributed by atoms with van der Waals surface area (Å²) in [7, 11) is -3.59. The van der Waals surface area contributed by atoms with Crippen LogP contribution in [0.2, 0.25) is 0 Å². The zero-order chi connectivity index (χ0) is 15.2. The molecule has 6 heteroatoms. The summed E-state index contributed by atoms with van der Waals surface area (Å²) in [5.74, 6) is 1.51. The first-order valence-corrected chi connectivity index (χ1v) is 7.60. The third-order valence-electron chi connectivity index (χ3n) is 2.64. The van der Waals surface area contributed by atoms with Crippen molar-refractivity contribution in [2.75, 3.05) is 0 Å². The van der Waals surface area contributed by atoms with Crippen LogP contribution in [0.15, 0.2) is 29.2 Å². The van der Waals surface area contributed by atoms with Gasteiger partial charge in [-0.3, -0.25) is 4.79 Å². The number of hydrogen-bond acceptors (Lipinski definition) is 3. The lowest BCUT2D eigenvalue weighted by Crippen LogP contribution is -2.32. The van der Waals surface area contributed by atoms with Crippen molar-refractivity contribution < 1.29 is 18.3 Å². The van der Waals surface area contributed by atoms with Crippen LogP contribution >= 0.6 is 0 Å². The SMILES string of the molecule is C#CCC(C)NS(=O)(=O)c1ccc(CCC(=O)O)cc1. The highest BCUT2D eigenvalue weighted by Crippen LogP contribution is 2.12. The number of aryl methyl sites for hydroxylation is 1. The molecule has 108 valence electrons. The fourth-order valence-electron chi connectivity index (χ4n) is 1.64. The molecule has 2 N–H and O–H groups in total. The summed E-state index contributed by atoms with van der Waals surface area (Å²) in [5.41, 5.74) is 0.781. The second-order valence-corrected chi connectivity index (χ2v) is 6.18. The number of aliphatic carboxylic acids is 1. The molecule has 0 spiro atoms. The number of nitrogens with one attached hydrogen (secondary N) is 1. The summed E-state index contributed by atoms with van der Waals surface area (Å²) >= 11 is 0. The molecule has 0 radical (unpaired) electrons. The molecule has 20 heavy (non-hydrogen) atoms. The molecule has 0 aliphatic rings. The molecule has 0 aromatic heterocycles. The van der Waals surface area contributed by atoms with Gasteiger partial charge < -0.3 is 5.11 Å². The lowest BCUT2D eigenvalue weighted by Gasteiger charge is -2.12. The molecular weight excluding hydrogens is 278 g/mol. The normalized spacial score (nSPS) is 12.6. The van der Waals surface area contributed by atoms with Gasteiger partial charge in [0, 0.05) is 18.9 Å². The van der Waals surface area contributed by atoms with Crippen molar-refractivity contribution in [3.63, 3.8) is 0 Å². The average Bonchev–Trinajstić information content (AvgIpc) is 2.36. The number of carboxylic acid groups (broad SMARTS) is 1. The monoisotopic (exact) mass is 295 g/mol. The molecule has 1 aromatic rings. The van der Waals surface area contributed by atoms with E-state index in [0.29, 0.717) is 12.8 Å². The third-order valence-corrected chi connectivity index (χ3v) is 4.25. The smallest absolute Gasteiger partial charge is 0.303 e. The topological polar surface area (TPSA) is 83.5 Å². The van der Waals surface area contributed by atoms with E-state index in [1.807, 2.05) is 0 Å². The molecule has 0 saturated heterocycles. The third kappa shape index (κ3) is 5.03. The highest BCUT2D eigenvalue weighted by Gasteiger charge is 2.16. The molecule has 0 bridgehead atoms. The minimum absolute atomic E-state index is 0.0174. The first-order chi connectivity index (χ1) is 9.35. The van der Waals surface area contributed by atoms with Crippen LogP contribution in [0.4, 0.5) is 0 Å². The van der Waals surface area contributed by atoms with Gasteiger partial charge in [0.2, 0.25) is 10.0 Å². The van der Waals surface area contributed by atoms with Gasteiger partial charge in [-0.2, -0.15) is 0 Å². The molecule has 1 aromatic carbocycles. The Balaban J connectivity index is 2.77. The standard InChI is InChI=1S/C14H17NO4S/c1-3-4-11(2)15-20(18,19)13-8-5-12(6-9-13)7-10-14(16)17/h1,5-6,8-9,11,15H,4,7,10H2,2H3,(H,16,17). The van der Waals surface area contributed by atoms with Gasteiger partial charge in [-0.25, -0.2) is 13.1 Å². The summed E-state index contributed by atoms with van der Waals surface area (Å²) in [6.07, 6.45) is 5.84. The van der Waals surface area contributed by atoms with E-state index in [0.717, 1.165) is 5.56 Å². The van der Waals surface area contributed by atoms with E-state index < -0.39 is 16.0 Å². The van der Waals surface area contributed by atoms with Gasteiger partial charge in [-0.05, 0) is 31.0 Å². The Labute approximate surface area is 119 Å². The van der Waals surface area contributed by atoms with Crippen LogP contribution in [0.3, 0.4) is 0 Å². The van der Waals surface area contributed by atoms with E-state index in [9.17, 15) is 13.2 Å². The molecular formula is C14H17NO4S. The van der Waals surface area contributed by atoms with Gasteiger partial charge in [0.05, 0.1) is 4.90 Å². The van der Waals surface area contributed by atoms with Crippen LogP contribution in [0.1, 0.15) is 25.3 Å². The predicted molar refractivity (Wildman–Crippen MR) is 75.6 cm³/mol. The minimum atomic E-state index is -3.59. The largest absolute Gasteiger partial charge is 0.481 e. The fourth-order valence-corrected chi connectivity index (χ4v) is 2.88. The molecule has 0 amide bonds. The number of carbonyl (C=O) groups is 1. The van der Waals surface area contributed by atoms with Crippen molar-refractivity contribution in [1.82, 2.24) is 4.72 Å². The lowest BCUT2D eigenvalue weighted by atomic mass is 10.1. The van der Waals surface area contributed by atoms with E-state index in [1.165, 1.54) is 12.1 Å². The summed E-state index contributed by atoms with van der Waals surface area (Å²) in [6, 6.07) is 5.81. The maximum atomic E-state index is 12.0. The maximum absolute atomic E-state index is 12.0. The van der Waals surface area contributed by atoms with Gasteiger partial charge >= 0.3 is 5.97 Å². The van der Waals surface area contributed by atoms with E-state index in [-0.39, 0.29) is 17.4 Å². The molecule has 5 nitrogen and oxygen atoms in total. The Hall–Kier alpha value is -1.84. The number of terminal acetylenes is 1. The molecule has 1 rings (SSSR count). The van der Waals surface area contributed by atoms with Crippen LogP contribution in [0.25, 0.3) is 0 Å². The van der Waals surface area contributed by atoms with E-state index >= 15 is 0 Å². The second-order valence-electron chi connectivity index (χ2n) is 4.47. The minimum Gasteiger partial charge on any atom is -0.481 e. The summed E-state index contributed by atoms with van der Waals surface area (Å²) in [4.78, 5) is 10.6. The number of benzene rings is 1. The number of carboxylic acids is 1. The van der Waals surface area contributed by atoms with Crippen LogP contribution in [-0.2, 0) is 21.2 Å².